The van der Waals surface area contributed by atoms with E-state index < -0.39 is 0 Å². The molecule has 0 saturated carbocycles. The van der Waals surface area contributed by atoms with Crippen LogP contribution in [0.25, 0.3) is 17.0 Å². The first-order chi connectivity index (χ1) is 12.1. The summed E-state index contributed by atoms with van der Waals surface area (Å²) < 4.78 is 11.8. The summed E-state index contributed by atoms with van der Waals surface area (Å²) in [6, 6.07) is 11.4. The van der Waals surface area contributed by atoms with Crippen LogP contribution in [0.2, 0.25) is 4.34 Å². The molecule has 1 aromatic carbocycles. The van der Waals surface area contributed by atoms with Crippen molar-refractivity contribution in [3.8, 4) is 5.75 Å². The number of hydrogen-bond acceptors (Lipinski definition) is 4. The summed E-state index contributed by atoms with van der Waals surface area (Å²) in [7, 11) is 1.60. The molecule has 3 rings (SSSR count). The van der Waals surface area contributed by atoms with Crippen LogP contribution < -0.4 is 4.74 Å². The van der Waals surface area contributed by atoms with E-state index in [1.54, 1.807) is 18.1 Å². The molecule has 0 radical (unpaired) electrons. The van der Waals surface area contributed by atoms with E-state index in [2.05, 4.69) is 0 Å². The first-order valence-corrected chi connectivity index (χ1v) is 9.08. The number of halogens is 1. The zero-order valence-electron chi connectivity index (χ0n) is 14.0. The fraction of sp³-hybridized carbons (Fsp3) is 0.211. The van der Waals surface area contributed by atoms with Crippen LogP contribution in [-0.4, -0.2) is 24.5 Å². The number of carbonyl (C=O) groups is 1. The van der Waals surface area contributed by atoms with Gasteiger partial charge in [0.2, 0.25) is 5.91 Å². The Hall–Kier alpha value is -2.24. The number of carbonyl (C=O) groups excluding carboxylic acids is 1. The molecule has 0 bridgehead atoms. The Bertz CT molecular complexity index is 912. The van der Waals surface area contributed by atoms with Gasteiger partial charge < -0.3 is 14.1 Å². The standard InChI is InChI=1S/C19H18ClNO3S/c1-3-21(12-15-8-9-17(20)25-15)18(22)10-7-14-11-13-5-4-6-16(23-2)19(13)24-14/h4-11H,3,12H2,1-2H3/b10-7+. The molecule has 0 N–H and O–H groups in total. The number of benzene rings is 1. The topological polar surface area (TPSA) is 42.7 Å². The number of hydrogen-bond donors (Lipinski definition) is 0. The maximum atomic E-state index is 12.4. The molecule has 0 spiro atoms. The van der Waals surface area contributed by atoms with E-state index in [1.165, 1.54) is 17.4 Å². The second-order valence-electron chi connectivity index (χ2n) is 5.42. The lowest BCUT2D eigenvalue weighted by Gasteiger charge is -2.17. The minimum Gasteiger partial charge on any atom is -0.493 e. The molecule has 4 nitrogen and oxygen atoms in total. The summed E-state index contributed by atoms with van der Waals surface area (Å²) in [5.41, 5.74) is 0.678. The summed E-state index contributed by atoms with van der Waals surface area (Å²) in [5.74, 6) is 1.22. The van der Waals surface area contributed by atoms with Gasteiger partial charge in [-0.3, -0.25) is 4.79 Å². The van der Waals surface area contributed by atoms with Crippen molar-refractivity contribution in [2.45, 2.75) is 13.5 Å². The Morgan fingerprint density at radius 2 is 2.20 bits per heavy atom. The van der Waals surface area contributed by atoms with Crippen molar-refractivity contribution in [1.29, 1.82) is 0 Å². The van der Waals surface area contributed by atoms with Gasteiger partial charge in [0.1, 0.15) is 5.76 Å². The number of para-hydroxylation sites is 1. The van der Waals surface area contributed by atoms with Gasteiger partial charge in [-0.2, -0.15) is 0 Å². The fourth-order valence-corrected chi connectivity index (χ4v) is 3.63. The van der Waals surface area contributed by atoms with Gasteiger partial charge in [-0.25, -0.2) is 0 Å². The maximum absolute atomic E-state index is 12.4. The number of furan rings is 1. The molecular weight excluding hydrogens is 358 g/mol. The van der Waals surface area contributed by atoms with Crippen molar-refractivity contribution in [3.05, 3.63) is 57.4 Å². The molecule has 0 aliphatic rings. The average molecular weight is 376 g/mol. The lowest BCUT2D eigenvalue weighted by atomic mass is 10.2. The highest BCUT2D eigenvalue weighted by Gasteiger charge is 2.12. The zero-order valence-corrected chi connectivity index (χ0v) is 15.6. The molecule has 0 aliphatic heterocycles. The average Bonchev–Trinajstić information content (AvgIpc) is 3.22. The van der Waals surface area contributed by atoms with Crippen LogP contribution in [0.1, 0.15) is 17.6 Å². The smallest absolute Gasteiger partial charge is 0.247 e. The van der Waals surface area contributed by atoms with Gasteiger partial charge in [-0.15, -0.1) is 11.3 Å². The van der Waals surface area contributed by atoms with Crippen LogP contribution in [0.5, 0.6) is 5.75 Å². The second-order valence-corrected chi connectivity index (χ2v) is 7.22. The highest BCUT2D eigenvalue weighted by atomic mass is 35.5. The quantitative estimate of drug-likeness (QED) is 0.555. The summed E-state index contributed by atoms with van der Waals surface area (Å²) in [5, 5.41) is 0.937. The summed E-state index contributed by atoms with van der Waals surface area (Å²) >= 11 is 7.44. The van der Waals surface area contributed by atoms with Crippen LogP contribution in [0.4, 0.5) is 0 Å². The van der Waals surface area contributed by atoms with Crippen molar-refractivity contribution < 1.29 is 13.9 Å². The molecule has 130 valence electrons. The van der Waals surface area contributed by atoms with Gasteiger partial charge >= 0.3 is 0 Å². The van der Waals surface area contributed by atoms with E-state index >= 15 is 0 Å². The van der Waals surface area contributed by atoms with E-state index in [1.807, 2.05) is 43.3 Å². The third-order valence-electron chi connectivity index (χ3n) is 3.81. The number of thiophene rings is 1. The van der Waals surface area contributed by atoms with Crippen LogP contribution in [0.3, 0.4) is 0 Å². The highest BCUT2D eigenvalue weighted by molar-refractivity contribution is 7.16. The van der Waals surface area contributed by atoms with Crippen molar-refractivity contribution in [2.24, 2.45) is 0 Å². The van der Waals surface area contributed by atoms with Gasteiger partial charge in [0, 0.05) is 22.9 Å². The predicted octanol–water partition coefficient (Wildman–Crippen LogP) is 5.22. The number of likely N-dealkylation sites (N-methyl/N-ethyl adjacent to an activating group) is 1. The Morgan fingerprint density at radius 1 is 1.36 bits per heavy atom. The molecule has 0 unspecified atom stereocenters. The maximum Gasteiger partial charge on any atom is 0.247 e. The number of rotatable bonds is 6. The minimum atomic E-state index is -0.0700. The number of nitrogens with zero attached hydrogens (tertiary/aromatic N) is 1. The van der Waals surface area contributed by atoms with Gasteiger partial charge in [0.25, 0.3) is 0 Å². The number of methoxy groups -OCH3 is 1. The normalized spacial score (nSPS) is 11.3. The van der Waals surface area contributed by atoms with Gasteiger partial charge in [-0.1, -0.05) is 23.7 Å². The number of fused-ring (bicyclic) bond motifs is 1. The van der Waals surface area contributed by atoms with E-state index in [0.29, 0.717) is 30.2 Å². The van der Waals surface area contributed by atoms with Crippen LogP contribution in [0.15, 0.2) is 46.9 Å². The van der Waals surface area contributed by atoms with Crippen molar-refractivity contribution in [3.63, 3.8) is 0 Å². The zero-order chi connectivity index (χ0) is 17.8. The molecule has 1 amide bonds. The third kappa shape index (κ3) is 4.06. The molecule has 0 fully saturated rings. The Morgan fingerprint density at radius 3 is 2.88 bits per heavy atom. The van der Waals surface area contributed by atoms with Crippen LogP contribution in [0, 0.1) is 0 Å². The molecule has 0 aliphatic carbocycles. The first-order valence-electron chi connectivity index (χ1n) is 7.88. The summed E-state index contributed by atoms with van der Waals surface area (Å²) in [6.07, 6.45) is 3.22. The van der Waals surface area contributed by atoms with Crippen molar-refractivity contribution in [1.82, 2.24) is 4.90 Å². The van der Waals surface area contributed by atoms with E-state index in [0.717, 1.165) is 14.6 Å². The molecule has 2 aromatic heterocycles. The molecular formula is C19H18ClNO3S. The molecule has 25 heavy (non-hydrogen) atoms. The van der Waals surface area contributed by atoms with Gasteiger partial charge in [-0.05, 0) is 37.3 Å². The summed E-state index contributed by atoms with van der Waals surface area (Å²) in [6.45, 7) is 3.12. The number of amides is 1. The monoisotopic (exact) mass is 375 g/mol. The Balaban J connectivity index is 1.74. The van der Waals surface area contributed by atoms with E-state index in [9.17, 15) is 4.79 Å². The van der Waals surface area contributed by atoms with Crippen LogP contribution in [-0.2, 0) is 11.3 Å². The lowest BCUT2D eigenvalue weighted by molar-refractivity contribution is -0.126. The molecule has 3 aromatic rings. The van der Waals surface area contributed by atoms with Crippen LogP contribution >= 0.6 is 22.9 Å². The van der Waals surface area contributed by atoms with Crippen molar-refractivity contribution >= 4 is 45.9 Å². The first kappa shape index (κ1) is 17.6. The van der Waals surface area contributed by atoms with E-state index in [-0.39, 0.29) is 5.91 Å². The minimum absolute atomic E-state index is 0.0700. The lowest BCUT2D eigenvalue weighted by Crippen LogP contribution is -2.28. The van der Waals surface area contributed by atoms with Crippen molar-refractivity contribution in [2.75, 3.05) is 13.7 Å². The summed E-state index contributed by atoms with van der Waals surface area (Å²) in [4.78, 5) is 15.3. The SMILES string of the molecule is CCN(Cc1ccc(Cl)s1)C(=O)/C=C/c1cc2cccc(OC)c2o1. The number of ether oxygens (including phenoxy) is 1. The predicted molar refractivity (Wildman–Crippen MR) is 102 cm³/mol. The fourth-order valence-electron chi connectivity index (χ4n) is 2.53. The van der Waals surface area contributed by atoms with Gasteiger partial charge in [0.15, 0.2) is 11.3 Å². The Labute approximate surface area is 155 Å². The molecule has 6 heteroatoms. The van der Waals surface area contributed by atoms with Gasteiger partial charge in [0.05, 0.1) is 18.0 Å². The largest absolute Gasteiger partial charge is 0.493 e. The molecule has 0 saturated heterocycles. The Kier molecular flexibility index (Phi) is 5.46. The molecule has 2 heterocycles. The highest BCUT2D eigenvalue weighted by Crippen LogP contribution is 2.29. The third-order valence-corrected chi connectivity index (χ3v) is 5.02. The molecule has 0 atom stereocenters. The second kappa shape index (κ2) is 7.76. The van der Waals surface area contributed by atoms with E-state index in [4.69, 9.17) is 20.8 Å².